The van der Waals surface area contributed by atoms with E-state index < -0.39 is 0 Å². The molecule has 0 aliphatic rings. The van der Waals surface area contributed by atoms with E-state index in [4.69, 9.17) is 0 Å². The van der Waals surface area contributed by atoms with Crippen LogP contribution in [0.1, 0.15) is 10.4 Å². The van der Waals surface area contributed by atoms with Crippen LogP contribution in [0.2, 0.25) is 0 Å². The molecule has 2 aromatic rings. The highest BCUT2D eigenvalue weighted by Gasteiger charge is 2.03. The number of carbonyl (C=O) groups excluding carboxylic acids is 1. The molecule has 0 amide bonds. The monoisotopic (exact) mass is 240 g/mol. The Morgan fingerprint density at radius 2 is 2.25 bits per heavy atom. The molecule has 60 valence electrons. The summed E-state index contributed by atoms with van der Waals surface area (Å²) >= 11 is 5.01. The minimum absolute atomic E-state index is 0.767. The Labute approximate surface area is 82.1 Å². The Balaban J connectivity index is 2.89. The molecule has 1 heterocycles. The first-order chi connectivity index (χ1) is 5.83. The van der Waals surface area contributed by atoms with Crippen LogP contribution in [0.15, 0.2) is 28.1 Å². The zero-order chi connectivity index (χ0) is 8.55. The second-order valence-corrected chi connectivity index (χ2v) is 4.16. The normalized spacial score (nSPS) is 10.4. The minimum Gasteiger partial charge on any atom is -0.298 e. The molecule has 12 heavy (non-hydrogen) atoms. The van der Waals surface area contributed by atoms with Crippen LogP contribution in [0.25, 0.3) is 10.1 Å². The number of hydrogen-bond acceptors (Lipinski definition) is 2. The first-order valence-electron chi connectivity index (χ1n) is 3.44. The maximum Gasteiger partial charge on any atom is 0.151 e. The fourth-order valence-corrected chi connectivity index (χ4v) is 2.79. The highest BCUT2D eigenvalue weighted by molar-refractivity contribution is 9.10. The van der Waals surface area contributed by atoms with Crippen LogP contribution >= 0.6 is 27.3 Å². The van der Waals surface area contributed by atoms with Crippen molar-refractivity contribution in [2.24, 2.45) is 0 Å². The van der Waals surface area contributed by atoms with Crippen molar-refractivity contribution in [3.8, 4) is 0 Å². The zero-order valence-corrected chi connectivity index (χ0v) is 8.48. The van der Waals surface area contributed by atoms with Gasteiger partial charge in [0.05, 0.1) is 0 Å². The molecular weight excluding hydrogens is 236 g/mol. The predicted octanol–water partition coefficient (Wildman–Crippen LogP) is 3.48. The first kappa shape index (κ1) is 7.95. The van der Waals surface area contributed by atoms with Crippen molar-refractivity contribution in [3.63, 3.8) is 0 Å². The standard InChI is InChI=1S/C9H5BrOS/c10-8-5-12-9-6(4-11)2-1-3-7(8)9/h1-5H. The summed E-state index contributed by atoms with van der Waals surface area (Å²) in [6.45, 7) is 0. The van der Waals surface area contributed by atoms with Gasteiger partial charge in [-0.25, -0.2) is 0 Å². The Morgan fingerprint density at radius 3 is 3.00 bits per heavy atom. The van der Waals surface area contributed by atoms with E-state index in [-0.39, 0.29) is 0 Å². The van der Waals surface area contributed by atoms with Gasteiger partial charge in [0, 0.05) is 25.5 Å². The van der Waals surface area contributed by atoms with Crippen molar-refractivity contribution in [2.75, 3.05) is 0 Å². The van der Waals surface area contributed by atoms with Gasteiger partial charge in [0.2, 0.25) is 0 Å². The van der Waals surface area contributed by atoms with Gasteiger partial charge >= 0.3 is 0 Å². The van der Waals surface area contributed by atoms with Crippen LogP contribution in [-0.4, -0.2) is 6.29 Å². The predicted molar refractivity (Wildman–Crippen MR) is 54.9 cm³/mol. The zero-order valence-electron chi connectivity index (χ0n) is 6.08. The molecule has 1 aromatic carbocycles. The molecule has 0 radical (unpaired) electrons. The van der Waals surface area contributed by atoms with Crippen LogP contribution in [0.3, 0.4) is 0 Å². The van der Waals surface area contributed by atoms with E-state index in [0.717, 1.165) is 26.4 Å². The molecule has 0 N–H and O–H groups in total. The lowest BCUT2D eigenvalue weighted by molar-refractivity contribution is 0.112. The van der Waals surface area contributed by atoms with Crippen molar-refractivity contribution in [1.82, 2.24) is 0 Å². The SMILES string of the molecule is O=Cc1cccc2c(Br)csc12. The van der Waals surface area contributed by atoms with E-state index in [0.29, 0.717) is 0 Å². The van der Waals surface area contributed by atoms with E-state index in [1.54, 1.807) is 11.3 Å². The molecular formula is C9H5BrOS. The van der Waals surface area contributed by atoms with Gasteiger partial charge in [0.15, 0.2) is 6.29 Å². The van der Waals surface area contributed by atoms with Gasteiger partial charge in [-0.05, 0) is 15.9 Å². The second kappa shape index (κ2) is 2.99. The summed E-state index contributed by atoms with van der Waals surface area (Å²) in [6, 6.07) is 5.73. The summed E-state index contributed by atoms with van der Waals surface area (Å²) in [4.78, 5) is 10.6. The van der Waals surface area contributed by atoms with Crippen LogP contribution in [0.5, 0.6) is 0 Å². The summed E-state index contributed by atoms with van der Waals surface area (Å²) in [5, 5.41) is 3.11. The Kier molecular flexibility index (Phi) is 1.98. The summed E-state index contributed by atoms with van der Waals surface area (Å²) in [5.74, 6) is 0. The lowest BCUT2D eigenvalue weighted by Crippen LogP contribution is -1.77. The van der Waals surface area contributed by atoms with Crippen LogP contribution < -0.4 is 0 Å². The molecule has 0 spiro atoms. The quantitative estimate of drug-likeness (QED) is 0.698. The number of benzene rings is 1. The highest BCUT2D eigenvalue weighted by atomic mass is 79.9. The maximum absolute atomic E-state index is 10.6. The largest absolute Gasteiger partial charge is 0.298 e. The van der Waals surface area contributed by atoms with Crippen LogP contribution in [0, 0.1) is 0 Å². The van der Waals surface area contributed by atoms with Crippen molar-refractivity contribution in [2.45, 2.75) is 0 Å². The number of halogens is 1. The van der Waals surface area contributed by atoms with E-state index in [9.17, 15) is 4.79 Å². The van der Waals surface area contributed by atoms with Gasteiger partial charge in [-0.3, -0.25) is 4.79 Å². The molecule has 0 unspecified atom stereocenters. The molecule has 0 aliphatic carbocycles. The molecule has 2 rings (SSSR count). The highest BCUT2D eigenvalue weighted by Crippen LogP contribution is 2.31. The molecule has 3 heteroatoms. The number of thiophene rings is 1. The van der Waals surface area contributed by atoms with Gasteiger partial charge in [-0.15, -0.1) is 11.3 Å². The third-order valence-corrected chi connectivity index (χ3v) is 3.71. The van der Waals surface area contributed by atoms with Gasteiger partial charge in [-0.1, -0.05) is 18.2 Å². The lowest BCUT2D eigenvalue weighted by Gasteiger charge is -1.92. The van der Waals surface area contributed by atoms with Gasteiger partial charge in [-0.2, -0.15) is 0 Å². The minimum atomic E-state index is 0.767. The van der Waals surface area contributed by atoms with Gasteiger partial charge in [0.1, 0.15) is 0 Å². The van der Waals surface area contributed by atoms with Crippen LogP contribution in [0.4, 0.5) is 0 Å². The maximum atomic E-state index is 10.6. The summed E-state index contributed by atoms with van der Waals surface area (Å²) in [7, 11) is 0. The number of fused-ring (bicyclic) bond motifs is 1. The average molecular weight is 241 g/mol. The fraction of sp³-hybridized carbons (Fsp3) is 0. The molecule has 0 bridgehead atoms. The summed E-state index contributed by atoms with van der Waals surface area (Å²) < 4.78 is 2.12. The third-order valence-electron chi connectivity index (χ3n) is 1.71. The molecule has 0 fully saturated rings. The molecule has 1 aromatic heterocycles. The van der Waals surface area contributed by atoms with Crippen LogP contribution in [-0.2, 0) is 0 Å². The Morgan fingerprint density at radius 1 is 1.42 bits per heavy atom. The third kappa shape index (κ3) is 1.09. The molecule has 0 aliphatic heterocycles. The number of rotatable bonds is 1. The topological polar surface area (TPSA) is 17.1 Å². The average Bonchev–Trinajstić information content (AvgIpc) is 2.48. The fourth-order valence-electron chi connectivity index (χ4n) is 1.14. The van der Waals surface area contributed by atoms with E-state index >= 15 is 0 Å². The number of hydrogen-bond donors (Lipinski definition) is 0. The Bertz CT molecular complexity index is 433. The number of carbonyl (C=O) groups is 1. The van der Waals surface area contributed by atoms with Crippen molar-refractivity contribution in [3.05, 3.63) is 33.6 Å². The first-order valence-corrected chi connectivity index (χ1v) is 5.11. The second-order valence-electron chi connectivity index (χ2n) is 2.43. The van der Waals surface area contributed by atoms with Gasteiger partial charge < -0.3 is 0 Å². The number of aldehydes is 1. The molecule has 0 atom stereocenters. The van der Waals surface area contributed by atoms with Crippen molar-refractivity contribution >= 4 is 43.6 Å². The van der Waals surface area contributed by atoms with E-state index in [1.807, 2.05) is 23.6 Å². The van der Waals surface area contributed by atoms with E-state index in [2.05, 4.69) is 15.9 Å². The molecule has 1 nitrogen and oxygen atoms in total. The molecule has 0 saturated heterocycles. The van der Waals surface area contributed by atoms with Gasteiger partial charge in [0.25, 0.3) is 0 Å². The molecule has 0 saturated carbocycles. The summed E-state index contributed by atoms with van der Waals surface area (Å²) in [6.07, 6.45) is 0.894. The van der Waals surface area contributed by atoms with Crippen molar-refractivity contribution < 1.29 is 4.79 Å². The Hall–Kier alpha value is -0.670. The smallest absolute Gasteiger partial charge is 0.151 e. The van der Waals surface area contributed by atoms with Crippen molar-refractivity contribution in [1.29, 1.82) is 0 Å². The lowest BCUT2D eigenvalue weighted by atomic mass is 10.2. The summed E-state index contributed by atoms with van der Waals surface area (Å²) in [5.41, 5.74) is 0.767. The van der Waals surface area contributed by atoms with E-state index in [1.165, 1.54) is 0 Å².